The Morgan fingerprint density at radius 1 is 1.47 bits per heavy atom. The third kappa shape index (κ3) is 1.94. The first-order chi connectivity index (χ1) is 8.26. The SMILES string of the molecule is Cc1cnc(NN)nc1NC1CC2CCC1O2. The highest BCUT2D eigenvalue weighted by atomic mass is 16.5. The van der Waals surface area contributed by atoms with Crippen molar-refractivity contribution in [1.29, 1.82) is 0 Å². The number of fused-ring (bicyclic) bond motifs is 2. The second-order valence-electron chi connectivity index (χ2n) is 4.73. The maximum atomic E-state index is 5.81. The Kier molecular flexibility index (Phi) is 2.60. The lowest BCUT2D eigenvalue weighted by atomic mass is 9.95. The van der Waals surface area contributed by atoms with Gasteiger partial charge in [0.25, 0.3) is 0 Å². The standard InChI is InChI=1S/C11H17N5O/c1-6-5-13-11(16-12)15-10(6)14-8-4-7-2-3-9(8)17-7/h5,7-9H,2-4,12H2,1H3,(H2,13,14,15,16). The molecule has 17 heavy (non-hydrogen) atoms. The van der Waals surface area contributed by atoms with Crippen LogP contribution in [0.25, 0.3) is 0 Å². The topological polar surface area (TPSA) is 85.1 Å². The minimum absolute atomic E-state index is 0.337. The summed E-state index contributed by atoms with van der Waals surface area (Å²) in [6.07, 6.45) is 5.95. The van der Waals surface area contributed by atoms with E-state index in [1.165, 1.54) is 6.42 Å². The van der Waals surface area contributed by atoms with Gasteiger partial charge in [0.1, 0.15) is 5.82 Å². The number of hydrogen-bond acceptors (Lipinski definition) is 6. The zero-order valence-electron chi connectivity index (χ0n) is 9.81. The molecular formula is C11H17N5O. The Morgan fingerprint density at radius 2 is 2.35 bits per heavy atom. The summed E-state index contributed by atoms with van der Waals surface area (Å²) in [5.41, 5.74) is 3.48. The van der Waals surface area contributed by atoms with Gasteiger partial charge in [0, 0.05) is 11.8 Å². The average Bonchev–Trinajstić information content (AvgIpc) is 2.94. The van der Waals surface area contributed by atoms with Gasteiger partial charge in [-0.25, -0.2) is 10.8 Å². The van der Waals surface area contributed by atoms with Gasteiger partial charge in [0.05, 0.1) is 18.2 Å². The molecule has 0 aliphatic carbocycles. The number of aromatic nitrogens is 2. The molecule has 1 aromatic rings. The van der Waals surface area contributed by atoms with Crippen molar-refractivity contribution in [2.45, 2.75) is 44.4 Å². The number of rotatable bonds is 3. The van der Waals surface area contributed by atoms with E-state index in [2.05, 4.69) is 20.7 Å². The Balaban J connectivity index is 1.76. The van der Waals surface area contributed by atoms with E-state index in [-0.39, 0.29) is 0 Å². The van der Waals surface area contributed by atoms with Crippen LogP contribution in [0.2, 0.25) is 0 Å². The van der Waals surface area contributed by atoms with Crippen molar-refractivity contribution in [3.8, 4) is 0 Å². The number of hydrogen-bond donors (Lipinski definition) is 3. The van der Waals surface area contributed by atoms with Crippen molar-refractivity contribution in [3.05, 3.63) is 11.8 Å². The summed E-state index contributed by atoms with van der Waals surface area (Å²) in [5, 5.41) is 3.44. The first-order valence-electron chi connectivity index (χ1n) is 5.98. The summed E-state index contributed by atoms with van der Waals surface area (Å²) < 4.78 is 5.81. The van der Waals surface area contributed by atoms with Crippen LogP contribution < -0.4 is 16.6 Å². The highest BCUT2D eigenvalue weighted by Gasteiger charge is 2.40. The number of aryl methyl sites for hydroxylation is 1. The van der Waals surface area contributed by atoms with Crippen LogP contribution in [0.4, 0.5) is 11.8 Å². The van der Waals surface area contributed by atoms with Crippen LogP contribution in [-0.4, -0.2) is 28.2 Å². The summed E-state index contributed by atoms with van der Waals surface area (Å²) in [5.74, 6) is 6.58. The summed E-state index contributed by atoms with van der Waals surface area (Å²) in [4.78, 5) is 8.39. The fraction of sp³-hybridized carbons (Fsp3) is 0.636. The highest BCUT2D eigenvalue weighted by Crippen LogP contribution is 2.36. The molecule has 4 N–H and O–H groups in total. The van der Waals surface area contributed by atoms with Gasteiger partial charge in [0.2, 0.25) is 5.95 Å². The van der Waals surface area contributed by atoms with E-state index in [0.717, 1.165) is 24.2 Å². The molecule has 3 atom stereocenters. The zero-order valence-corrected chi connectivity index (χ0v) is 9.81. The summed E-state index contributed by atoms with van der Waals surface area (Å²) >= 11 is 0. The largest absolute Gasteiger partial charge is 0.373 e. The maximum Gasteiger partial charge on any atom is 0.239 e. The first kappa shape index (κ1) is 10.7. The number of anilines is 2. The lowest BCUT2D eigenvalue weighted by Crippen LogP contribution is -2.31. The van der Waals surface area contributed by atoms with E-state index in [0.29, 0.717) is 24.2 Å². The Labute approximate surface area is 99.9 Å². The fourth-order valence-electron chi connectivity index (χ4n) is 2.62. The van der Waals surface area contributed by atoms with Gasteiger partial charge in [0.15, 0.2) is 0 Å². The molecule has 0 spiro atoms. The summed E-state index contributed by atoms with van der Waals surface area (Å²) in [6, 6.07) is 0.368. The van der Waals surface area contributed by atoms with Gasteiger partial charge < -0.3 is 10.1 Å². The third-order valence-electron chi connectivity index (χ3n) is 3.53. The number of hydrazine groups is 1. The molecule has 2 bridgehead atoms. The average molecular weight is 235 g/mol. The van der Waals surface area contributed by atoms with Crippen molar-refractivity contribution < 1.29 is 4.74 Å². The quantitative estimate of drug-likeness (QED) is 0.531. The number of nitrogens with zero attached hydrogens (tertiary/aromatic N) is 2. The lowest BCUT2D eigenvalue weighted by molar-refractivity contribution is 0.102. The van der Waals surface area contributed by atoms with Crippen LogP contribution in [0.3, 0.4) is 0 Å². The normalized spacial score (nSPS) is 30.6. The molecule has 3 rings (SSSR count). The van der Waals surface area contributed by atoms with Crippen molar-refractivity contribution in [1.82, 2.24) is 9.97 Å². The third-order valence-corrected chi connectivity index (χ3v) is 3.53. The molecule has 2 fully saturated rings. The smallest absolute Gasteiger partial charge is 0.239 e. The van der Waals surface area contributed by atoms with E-state index >= 15 is 0 Å². The number of nitrogens with one attached hydrogen (secondary N) is 2. The molecule has 1 aromatic heterocycles. The van der Waals surface area contributed by atoms with E-state index < -0.39 is 0 Å². The molecule has 2 aliphatic heterocycles. The number of ether oxygens (including phenoxy) is 1. The molecule has 0 amide bonds. The molecule has 6 heteroatoms. The van der Waals surface area contributed by atoms with Gasteiger partial charge in [-0.05, 0) is 26.2 Å². The van der Waals surface area contributed by atoms with Crippen LogP contribution in [-0.2, 0) is 4.74 Å². The second-order valence-corrected chi connectivity index (χ2v) is 4.73. The Bertz CT molecular complexity index is 424. The van der Waals surface area contributed by atoms with Crippen LogP contribution in [0.15, 0.2) is 6.20 Å². The lowest BCUT2D eigenvalue weighted by Gasteiger charge is -2.21. The van der Waals surface area contributed by atoms with Crippen LogP contribution in [0.5, 0.6) is 0 Å². The molecular weight excluding hydrogens is 218 g/mol. The van der Waals surface area contributed by atoms with E-state index in [1.54, 1.807) is 6.20 Å². The molecule has 3 unspecified atom stereocenters. The predicted molar refractivity (Wildman–Crippen MR) is 64.5 cm³/mol. The van der Waals surface area contributed by atoms with Gasteiger partial charge >= 0.3 is 0 Å². The molecule has 6 nitrogen and oxygen atoms in total. The Morgan fingerprint density at radius 3 is 3.00 bits per heavy atom. The van der Waals surface area contributed by atoms with Crippen molar-refractivity contribution in [3.63, 3.8) is 0 Å². The molecule has 0 saturated carbocycles. The van der Waals surface area contributed by atoms with Crippen molar-refractivity contribution in [2.24, 2.45) is 5.84 Å². The van der Waals surface area contributed by atoms with Gasteiger partial charge in [-0.1, -0.05) is 0 Å². The van der Waals surface area contributed by atoms with E-state index in [4.69, 9.17) is 10.6 Å². The monoisotopic (exact) mass is 235 g/mol. The van der Waals surface area contributed by atoms with Gasteiger partial charge in [-0.15, -0.1) is 0 Å². The molecule has 0 radical (unpaired) electrons. The van der Waals surface area contributed by atoms with Crippen LogP contribution >= 0.6 is 0 Å². The maximum absolute atomic E-state index is 5.81. The molecule has 92 valence electrons. The van der Waals surface area contributed by atoms with Crippen molar-refractivity contribution >= 4 is 11.8 Å². The number of nitrogens with two attached hydrogens (primary N) is 1. The first-order valence-corrected chi connectivity index (χ1v) is 5.98. The minimum atomic E-state index is 0.337. The Hall–Kier alpha value is -1.40. The van der Waals surface area contributed by atoms with Gasteiger partial charge in [-0.3, -0.25) is 5.43 Å². The summed E-state index contributed by atoms with van der Waals surface area (Å²) in [7, 11) is 0. The zero-order chi connectivity index (χ0) is 11.8. The molecule has 3 heterocycles. The van der Waals surface area contributed by atoms with Crippen LogP contribution in [0, 0.1) is 6.92 Å². The fourth-order valence-corrected chi connectivity index (χ4v) is 2.62. The molecule has 2 aliphatic rings. The highest BCUT2D eigenvalue weighted by molar-refractivity contribution is 5.47. The summed E-state index contributed by atoms with van der Waals surface area (Å²) in [6.45, 7) is 1.98. The minimum Gasteiger partial charge on any atom is -0.373 e. The molecule has 2 saturated heterocycles. The number of nitrogen functional groups attached to an aromatic ring is 1. The van der Waals surface area contributed by atoms with E-state index in [9.17, 15) is 0 Å². The van der Waals surface area contributed by atoms with Crippen molar-refractivity contribution in [2.75, 3.05) is 10.7 Å². The second kappa shape index (κ2) is 4.12. The predicted octanol–water partition coefficient (Wildman–Crippen LogP) is 0.802. The van der Waals surface area contributed by atoms with E-state index in [1.807, 2.05) is 6.92 Å². The molecule has 0 aromatic carbocycles. The van der Waals surface area contributed by atoms with Crippen LogP contribution in [0.1, 0.15) is 24.8 Å². The van der Waals surface area contributed by atoms with Gasteiger partial charge in [-0.2, -0.15) is 4.98 Å².